The number of thiocarbonyl (C=S) groups is 1. The number of rotatable bonds is 4. The molecule has 1 aliphatic heterocycles. The first kappa shape index (κ1) is 19.5. The fourth-order valence-corrected chi connectivity index (χ4v) is 4.27. The number of nitrogens with zero attached hydrogens (tertiary/aromatic N) is 1. The molecule has 3 atom stereocenters. The molecule has 1 amide bonds. The van der Waals surface area contributed by atoms with E-state index in [9.17, 15) is 9.18 Å². The van der Waals surface area contributed by atoms with Gasteiger partial charge >= 0.3 is 0 Å². The molecule has 4 rings (SSSR count). The Morgan fingerprint density at radius 2 is 1.76 bits per heavy atom. The third-order valence-corrected chi connectivity index (χ3v) is 6.12. The summed E-state index contributed by atoms with van der Waals surface area (Å²) in [5, 5.41) is 3.70. The number of hydrogen-bond donors (Lipinski definition) is 1. The van der Waals surface area contributed by atoms with Crippen molar-refractivity contribution in [1.82, 2.24) is 10.2 Å². The first-order valence-electron chi connectivity index (χ1n) is 9.77. The Morgan fingerprint density at radius 3 is 2.41 bits per heavy atom. The summed E-state index contributed by atoms with van der Waals surface area (Å²) in [6, 6.07) is 15.8. The second kappa shape index (κ2) is 7.56. The summed E-state index contributed by atoms with van der Waals surface area (Å²) in [4.78, 5) is 15.4. The Bertz CT molecular complexity index is 999. The highest BCUT2D eigenvalue weighted by Crippen LogP contribution is 2.36. The molecule has 2 aromatic rings. The summed E-state index contributed by atoms with van der Waals surface area (Å²) in [6.07, 6.45) is 6.54. The predicted octanol–water partition coefficient (Wildman–Crippen LogP) is 4.71. The van der Waals surface area contributed by atoms with Gasteiger partial charge in [0.05, 0.1) is 0 Å². The SMILES string of the molecule is CC1C=CC(N2C(=O)[C@](Cc3ccc(F)cc3)(c3ccccc3)NC2=S)=CC1C. The number of allylic oxidation sites excluding steroid dienone is 3. The van der Waals surface area contributed by atoms with E-state index in [1.54, 1.807) is 17.0 Å². The molecule has 2 aliphatic rings. The van der Waals surface area contributed by atoms with E-state index in [1.165, 1.54) is 12.1 Å². The molecule has 1 heterocycles. The highest BCUT2D eigenvalue weighted by atomic mass is 32.1. The highest BCUT2D eigenvalue weighted by Gasteiger charge is 2.51. The number of carbonyl (C=O) groups is 1. The van der Waals surface area contributed by atoms with Crippen molar-refractivity contribution >= 4 is 23.2 Å². The van der Waals surface area contributed by atoms with Crippen LogP contribution in [0.1, 0.15) is 25.0 Å². The Balaban J connectivity index is 1.77. The van der Waals surface area contributed by atoms with Crippen LogP contribution in [0.4, 0.5) is 4.39 Å². The molecule has 0 bridgehead atoms. The van der Waals surface area contributed by atoms with Crippen molar-refractivity contribution in [1.29, 1.82) is 0 Å². The van der Waals surface area contributed by atoms with Crippen molar-refractivity contribution in [2.75, 3.05) is 0 Å². The number of hydrogen-bond acceptors (Lipinski definition) is 2. The molecule has 2 unspecified atom stereocenters. The molecule has 2 aromatic carbocycles. The van der Waals surface area contributed by atoms with E-state index in [2.05, 4.69) is 31.3 Å². The van der Waals surface area contributed by atoms with Crippen molar-refractivity contribution in [3.05, 3.63) is 95.5 Å². The van der Waals surface area contributed by atoms with Gasteiger partial charge in [-0.25, -0.2) is 4.39 Å². The van der Waals surface area contributed by atoms with Crippen LogP contribution in [0.3, 0.4) is 0 Å². The molecule has 0 aromatic heterocycles. The van der Waals surface area contributed by atoms with Crippen LogP contribution in [-0.2, 0) is 16.8 Å². The Morgan fingerprint density at radius 1 is 1.07 bits per heavy atom. The van der Waals surface area contributed by atoms with Gasteiger partial charge in [0.25, 0.3) is 5.91 Å². The van der Waals surface area contributed by atoms with Crippen molar-refractivity contribution in [3.63, 3.8) is 0 Å². The summed E-state index contributed by atoms with van der Waals surface area (Å²) >= 11 is 5.61. The molecular formula is C24H23FN2OS. The second-order valence-corrected chi connectivity index (χ2v) is 8.20. The van der Waals surface area contributed by atoms with E-state index < -0.39 is 5.54 Å². The van der Waals surface area contributed by atoms with E-state index in [1.807, 2.05) is 36.4 Å². The third-order valence-electron chi connectivity index (χ3n) is 5.83. The Labute approximate surface area is 175 Å². The molecule has 1 N–H and O–H groups in total. The maximum atomic E-state index is 13.8. The second-order valence-electron chi connectivity index (χ2n) is 7.81. The van der Waals surface area contributed by atoms with Crippen LogP contribution < -0.4 is 5.32 Å². The normalized spacial score (nSPS) is 26.4. The molecular weight excluding hydrogens is 383 g/mol. The average Bonchev–Trinajstić information content (AvgIpc) is 2.97. The van der Waals surface area contributed by atoms with Crippen molar-refractivity contribution < 1.29 is 9.18 Å². The van der Waals surface area contributed by atoms with Crippen LogP contribution in [0.25, 0.3) is 0 Å². The molecule has 1 saturated heterocycles. The summed E-state index contributed by atoms with van der Waals surface area (Å²) < 4.78 is 13.4. The van der Waals surface area contributed by atoms with Gasteiger partial charge in [-0.15, -0.1) is 0 Å². The molecule has 1 fully saturated rings. The van der Waals surface area contributed by atoms with Gasteiger partial charge in [-0.1, -0.05) is 68.5 Å². The van der Waals surface area contributed by atoms with Crippen LogP contribution in [0.15, 0.2) is 78.5 Å². The Hall–Kier alpha value is -2.79. The fraction of sp³-hybridized carbons (Fsp3) is 0.250. The monoisotopic (exact) mass is 406 g/mol. The number of benzene rings is 2. The lowest BCUT2D eigenvalue weighted by Crippen LogP contribution is -2.46. The van der Waals surface area contributed by atoms with Crippen LogP contribution in [0.5, 0.6) is 0 Å². The molecule has 1 aliphatic carbocycles. The van der Waals surface area contributed by atoms with E-state index in [0.29, 0.717) is 23.4 Å². The van der Waals surface area contributed by atoms with Gasteiger partial charge < -0.3 is 5.32 Å². The zero-order valence-electron chi connectivity index (χ0n) is 16.4. The minimum absolute atomic E-state index is 0.115. The molecule has 148 valence electrons. The van der Waals surface area contributed by atoms with Gasteiger partial charge in [-0.3, -0.25) is 9.69 Å². The highest BCUT2D eigenvalue weighted by molar-refractivity contribution is 7.80. The summed E-state index contributed by atoms with van der Waals surface area (Å²) in [7, 11) is 0. The predicted molar refractivity (Wildman–Crippen MR) is 116 cm³/mol. The zero-order chi connectivity index (χ0) is 20.6. The quantitative estimate of drug-likeness (QED) is 0.747. The molecule has 3 nitrogen and oxygen atoms in total. The molecule has 0 radical (unpaired) electrons. The van der Waals surface area contributed by atoms with Crippen LogP contribution in [-0.4, -0.2) is 15.9 Å². The average molecular weight is 407 g/mol. The molecule has 0 spiro atoms. The molecule has 29 heavy (non-hydrogen) atoms. The van der Waals surface area contributed by atoms with Gasteiger partial charge in [0.1, 0.15) is 11.4 Å². The fourth-order valence-electron chi connectivity index (χ4n) is 3.91. The lowest BCUT2D eigenvalue weighted by atomic mass is 9.83. The molecule has 0 saturated carbocycles. The maximum Gasteiger partial charge on any atom is 0.264 e. The topological polar surface area (TPSA) is 32.3 Å². The first-order valence-corrected chi connectivity index (χ1v) is 10.2. The van der Waals surface area contributed by atoms with Crippen LogP contribution in [0, 0.1) is 17.7 Å². The van der Waals surface area contributed by atoms with Crippen molar-refractivity contribution in [2.45, 2.75) is 25.8 Å². The minimum atomic E-state index is -1.03. The number of halogens is 1. The van der Waals surface area contributed by atoms with Crippen molar-refractivity contribution in [3.8, 4) is 0 Å². The number of carbonyl (C=O) groups excluding carboxylic acids is 1. The van der Waals surface area contributed by atoms with E-state index in [-0.39, 0.29) is 11.7 Å². The number of nitrogens with one attached hydrogen (secondary N) is 1. The lowest BCUT2D eigenvalue weighted by Gasteiger charge is -2.29. The van der Waals surface area contributed by atoms with E-state index in [0.717, 1.165) is 16.8 Å². The standard InChI is InChI=1S/C24H23FN2OS/c1-16-8-13-21(14-17(16)2)27-22(28)24(26-23(27)29,19-6-4-3-5-7-19)15-18-9-11-20(25)12-10-18/h3-14,16-17H,15H2,1-2H3,(H,26,29)/t16?,17?,24-/m0/s1. The van der Waals surface area contributed by atoms with Crippen molar-refractivity contribution in [2.24, 2.45) is 11.8 Å². The van der Waals surface area contributed by atoms with Crippen LogP contribution >= 0.6 is 12.2 Å². The Kier molecular flexibility index (Phi) is 5.09. The van der Waals surface area contributed by atoms with Gasteiger partial charge in [0.2, 0.25) is 0 Å². The summed E-state index contributed by atoms with van der Waals surface area (Å²) in [6.45, 7) is 4.29. The molecule has 5 heteroatoms. The third kappa shape index (κ3) is 3.51. The van der Waals surface area contributed by atoms with Gasteiger partial charge in [0, 0.05) is 12.1 Å². The lowest BCUT2D eigenvalue weighted by molar-refractivity contribution is -0.130. The summed E-state index contributed by atoms with van der Waals surface area (Å²) in [5.41, 5.74) is 1.46. The number of amides is 1. The van der Waals surface area contributed by atoms with Gasteiger partial charge in [-0.2, -0.15) is 0 Å². The van der Waals surface area contributed by atoms with Gasteiger partial charge in [0.15, 0.2) is 5.11 Å². The van der Waals surface area contributed by atoms with Crippen LogP contribution in [0.2, 0.25) is 0 Å². The smallest absolute Gasteiger partial charge is 0.264 e. The maximum absolute atomic E-state index is 13.8. The summed E-state index contributed by atoms with van der Waals surface area (Å²) in [5.74, 6) is 0.312. The van der Waals surface area contributed by atoms with E-state index >= 15 is 0 Å². The van der Waals surface area contributed by atoms with E-state index in [4.69, 9.17) is 12.2 Å². The van der Waals surface area contributed by atoms with Gasteiger partial charge in [-0.05, 0) is 53.4 Å². The zero-order valence-corrected chi connectivity index (χ0v) is 17.2. The first-order chi connectivity index (χ1) is 13.9. The minimum Gasteiger partial charge on any atom is -0.344 e. The largest absolute Gasteiger partial charge is 0.344 e.